The largest absolute Gasteiger partial charge is 0.359 e. The van der Waals surface area contributed by atoms with Crippen LogP contribution >= 0.6 is 11.3 Å². The number of piperazine rings is 1. The first-order chi connectivity index (χ1) is 11.7. The molecule has 7 heteroatoms. The third-order valence-corrected chi connectivity index (χ3v) is 5.15. The average Bonchev–Trinajstić information content (AvgIpc) is 3.27. The molecule has 130 valence electrons. The van der Waals surface area contributed by atoms with Gasteiger partial charge in [0.1, 0.15) is 0 Å². The maximum Gasteiger partial charge on any atom is 0.276 e. The zero-order valence-corrected chi connectivity index (χ0v) is 15.1. The SMILES string of the molecule is CCN1CCN(Cc2cc(C(=O)N(C)Cc3ccsc3)no2)CC1. The van der Waals surface area contributed by atoms with Crippen molar-refractivity contribution in [3.05, 3.63) is 39.9 Å². The number of hydrogen-bond donors (Lipinski definition) is 0. The standard InChI is InChI=1S/C17H24N4O2S/c1-3-20-5-7-21(8-6-20)12-15-10-16(18-23-15)17(22)19(2)11-14-4-9-24-13-14/h4,9-10,13H,3,5-8,11-12H2,1-2H3. The lowest BCUT2D eigenvalue weighted by atomic mass is 10.2. The van der Waals surface area contributed by atoms with Crippen LogP contribution in [0, 0.1) is 0 Å². The molecule has 0 aliphatic carbocycles. The van der Waals surface area contributed by atoms with Gasteiger partial charge in [0.25, 0.3) is 5.91 Å². The number of hydrogen-bond acceptors (Lipinski definition) is 6. The van der Waals surface area contributed by atoms with Crippen molar-refractivity contribution in [3.8, 4) is 0 Å². The molecule has 1 amide bonds. The van der Waals surface area contributed by atoms with E-state index in [1.54, 1.807) is 29.4 Å². The van der Waals surface area contributed by atoms with Crippen LogP contribution in [0.2, 0.25) is 0 Å². The number of likely N-dealkylation sites (N-methyl/N-ethyl adjacent to an activating group) is 1. The molecule has 2 aromatic heterocycles. The van der Waals surface area contributed by atoms with Gasteiger partial charge in [0, 0.05) is 45.8 Å². The number of amides is 1. The predicted octanol–water partition coefficient (Wildman–Crippen LogP) is 2.15. The van der Waals surface area contributed by atoms with E-state index in [1.807, 2.05) is 16.8 Å². The number of carbonyl (C=O) groups excluding carboxylic acids is 1. The highest BCUT2D eigenvalue weighted by molar-refractivity contribution is 7.07. The average molecular weight is 348 g/mol. The molecule has 0 radical (unpaired) electrons. The highest BCUT2D eigenvalue weighted by Gasteiger charge is 2.20. The topological polar surface area (TPSA) is 52.8 Å². The molecular weight excluding hydrogens is 324 g/mol. The van der Waals surface area contributed by atoms with Gasteiger partial charge < -0.3 is 14.3 Å². The van der Waals surface area contributed by atoms with Crippen molar-refractivity contribution in [1.29, 1.82) is 0 Å². The van der Waals surface area contributed by atoms with E-state index >= 15 is 0 Å². The minimum atomic E-state index is -0.105. The summed E-state index contributed by atoms with van der Waals surface area (Å²) in [5.74, 6) is 0.652. The molecule has 0 aromatic carbocycles. The molecule has 2 aromatic rings. The van der Waals surface area contributed by atoms with Crippen LogP contribution in [-0.4, -0.2) is 65.5 Å². The molecule has 1 aliphatic rings. The van der Waals surface area contributed by atoms with Crippen LogP contribution in [0.15, 0.2) is 27.4 Å². The van der Waals surface area contributed by atoms with E-state index in [9.17, 15) is 4.79 Å². The fourth-order valence-electron chi connectivity index (χ4n) is 2.90. The van der Waals surface area contributed by atoms with Crippen molar-refractivity contribution in [2.24, 2.45) is 0 Å². The maximum absolute atomic E-state index is 12.4. The molecular formula is C17H24N4O2S. The Balaban J connectivity index is 1.54. The smallest absolute Gasteiger partial charge is 0.276 e. The van der Waals surface area contributed by atoms with Gasteiger partial charge in [-0.2, -0.15) is 11.3 Å². The summed E-state index contributed by atoms with van der Waals surface area (Å²) in [4.78, 5) is 18.9. The Kier molecular flexibility index (Phi) is 5.65. The molecule has 0 bridgehead atoms. The van der Waals surface area contributed by atoms with Crippen molar-refractivity contribution in [1.82, 2.24) is 19.9 Å². The van der Waals surface area contributed by atoms with E-state index in [0.29, 0.717) is 18.8 Å². The van der Waals surface area contributed by atoms with Crippen molar-refractivity contribution in [2.75, 3.05) is 39.8 Å². The van der Waals surface area contributed by atoms with Crippen LogP contribution in [0.1, 0.15) is 28.7 Å². The Hall–Kier alpha value is -1.70. The Labute approximate surface area is 146 Å². The summed E-state index contributed by atoms with van der Waals surface area (Å²) in [7, 11) is 1.79. The van der Waals surface area contributed by atoms with Gasteiger partial charge in [0.2, 0.25) is 0 Å². The van der Waals surface area contributed by atoms with E-state index in [0.717, 1.165) is 44.0 Å². The van der Waals surface area contributed by atoms with Gasteiger partial charge in [0.05, 0.1) is 6.54 Å². The fraction of sp³-hybridized carbons (Fsp3) is 0.529. The summed E-state index contributed by atoms with van der Waals surface area (Å²) < 4.78 is 5.38. The maximum atomic E-state index is 12.4. The zero-order valence-electron chi connectivity index (χ0n) is 14.3. The second-order valence-electron chi connectivity index (χ2n) is 6.18. The van der Waals surface area contributed by atoms with Crippen molar-refractivity contribution < 1.29 is 9.32 Å². The minimum Gasteiger partial charge on any atom is -0.359 e. The first-order valence-corrected chi connectivity index (χ1v) is 9.27. The molecule has 1 aliphatic heterocycles. The summed E-state index contributed by atoms with van der Waals surface area (Å²) in [6.45, 7) is 8.81. The summed E-state index contributed by atoms with van der Waals surface area (Å²) in [6, 6.07) is 3.80. The Morgan fingerprint density at radius 3 is 2.75 bits per heavy atom. The third kappa shape index (κ3) is 4.23. The minimum absolute atomic E-state index is 0.105. The molecule has 0 unspecified atom stereocenters. The molecule has 0 N–H and O–H groups in total. The van der Waals surface area contributed by atoms with Gasteiger partial charge in [-0.1, -0.05) is 12.1 Å². The molecule has 0 saturated carbocycles. The van der Waals surface area contributed by atoms with Crippen LogP contribution in [0.5, 0.6) is 0 Å². The van der Waals surface area contributed by atoms with E-state index in [4.69, 9.17) is 4.52 Å². The van der Waals surface area contributed by atoms with Crippen molar-refractivity contribution in [2.45, 2.75) is 20.0 Å². The fourth-order valence-corrected chi connectivity index (χ4v) is 3.56. The molecule has 24 heavy (non-hydrogen) atoms. The van der Waals surface area contributed by atoms with Gasteiger partial charge in [-0.3, -0.25) is 9.69 Å². The summed E-state index contributed by atoms with van der Waals surface area (Å²) in [5, 5.41) is 8.03. The number of rotatable bonds is 6. The van der Waals surface area contributed by atoms with Gasteiger partial charge in [0.15, 0.2) is 11.5 Å². The Bertz CT molecular complexity index is 647. The van der Waals surface area contributed by atoms with Crippen molar-refractivity contribution in [3.63, 3.8) is 0 Å². The van der Waals surface area contributed by atoms with E-state index in [-0.39, 0.29) is 5.91 Å². The molecule has 6 nitrogen and oxygen atoms in total. The first-order valence-electron chi connectivity index (χ1n) is 8.32. The molecule has 3 heterocycles. The number of aromatic nitrogens is 1. The zero-order chi connectivity index (χ0) is 16.9. The molecule has 1 fully saturated rings. The number of thiophene rings is 1. The van der Waals surface area contributed by atoms with Crippen LogP contribution in [0.25, 0.3) is 0 Å². The molecule has 0 spiro atoms. The summed E-state index contributed by atoms with van der Waals surface area (Å²) in [5.41, 5.74) is 1.52. The summed E-state index contributed by atoms with van der Waals surface area (Å²) in [6.07, 6.45) is 0. The molecule has 1 saturated heterocycles. The van der Waals surface area contributed by atoms with Gasteiger partial charge in [-0.15, -0.1) is 0 Å². The van der Waals surface area contributed by atoms with Crippen LogP contribution in [0.4, 0.5) is 0 Å². The normalized spacial score (nSPS) is 16.4. The quantitative estimate of drug-likeness (QED) is 0.801. The Morgan fingerprint density at radius 2 is 2.08 bits per heavy atom. The van der Waals surface area contributed by atoms with Gasteiger partial charge in [-0.25, -0.2) is 0 Å². The van der Waals surface area contributed by atoms with Crippen LogP contribution in [0.3, 0.4) is 0 Å². The lowest BCUT2D eigenvalue weighted by Gasteiger charge is -2.33. The molecule has 0 atom stereocenters. The van der Waals surface area contributed by atoms with E-state index in [2.05, 4.69) is 21.9 Å². The second kappa shape index (κ2) is 7.92. The van der Waals surface area contributed by atoms with Crippen molar-refractivity contribution >= 4 is 17.2 Å². The van der Waals surface area contributed by atoms with E-state index in [1.165, 1.54) is 0 Å². The second-order valence-corrected chi connectivity index (χ2v) is 6.96. The monoisotopic (exact) mass is 348 g/mol. The van der Waals surface area contributed by atoms with Crippen LogP contribution < -0.4 is 0 Å². The third-order valence-electron chi connectivity index (χ3n) is 4.42. The number of carbonyl (C=O) groups is 1. The van der Waals surface area contributed by atoms with Crippen LogP contribution in [-0.2, 0) is 13.1 Å². The lowest BCUT2D eigenvalue weighted by Crippen LogP contribution is -2.45. The number of nitrogens with zero attached hydrogens (tertiary/aromatic N) is 4. The molecule has 3 rings (SSSR count). The van der Waals surface area contributed by atoms with Gasteiger partial charge in [-0.05, 0) is 28.9 Å². The highest BCUT2D eigenvalue weighted by atomic mass is 32.1. The van der Waals surface area contributed by atoms with E-state index < -0.39 is 0 Å². The lowest BCUT2D eigenvalue weighted by molar-refractivity contribution is 0.0774. The highest BCUT2D eigenvalue weighted by Crippen LogP contribution is 2.14. The predicted molar refractivity (Wildman–Crippen MR) is 94.0 cm³/mol. The summed E-state index contributed by atoms with van der Waals surface area (Å²) >= 11 is 1.63. The Morgan fingerprint density at radius 1 is 1.33 bits per heavy atom. The first kappa shape index (κ1) is 17.1. The van der Waals surface area contributed by atoms with Gasteiger partial charge >= 0.3 is 0 Å².